The van der Waals surface area contributed by atoms with E-state index in [9.17, 15) is 9.59 Å². The van der Waals surface area contributed by atoms with Crippen molar-refractivity contribution in [3.05, 3.63) is 145 Å². The van der Waals surface area contributed by atoms with Crippen LogP contribution in [0.2, 0.25) is 0 Å². The number of fused-ring (bicyclic) bond motifs is 2. The molecular formula is C40H34O7P2. The zero-order valence-electron chi connectivity index (χ0n) is 27.0. The minimum absolute atomic E-state index is 0.00597. The van der Waals surface area contributed by atoms with Crippen LogP contribution < -0.4 is 31.8 Å². The van der Waals surface area contributed by atoms with Gasteiger partial charge in [0.25, 0.3) is 0 Å². The SMILES string of the molecule is COC(=O)[C@@H]1Cc2c(c(P(=O)(c3ccccc3)c3ccccc3)c3occc3c2P(=O)(c2ccccc2)c2ccccc2)C[C@H]1C(=O)OC. The van der Waals surface area contributed by atoms with Crippen molar-refractivity contribution in [2.75, 3.05) is 14.2 Å². The molecule has 1 aromatic heterocycles. The molecule has 7 rings (SSSR count). The normalized spacial score (nSPS) is 16.1. The molecule has 0 N–H and O–H groups in total. The first-order chi connectivity index (χ1) is 23.8. The van der Waals surface area contributed by atoms with E-state index >= 15 is 9.13 Å². The Labute approximate surface area is 284 Å². The fraction of sp³-hybridized carbons (Fsp3) is 0.150. The van der Waals surface area contributed by atoms with E-state index in [0.717, 1.165) is 0 Å². The Hall–Kier alpha value is -4.96. The quantitative estimate of drug-likeness (QED) is 0.156. The van der Waals surface area contributed by atoms with Gasteiger partial charge in [-0.15, -0.1) is 0 Å². The first-order valence-electron chi connectivity index (χ1n) is 16.0. The van der Waals surface area contributed by atoms with Crippen molar-refractivity contribution in [2.45, 2.75) is 12.8 Å². The van der Waals surface area contributed by atoms with Crippen LogP contribution in [0.5, 0.6) is 0 Å². The van der Waals surface area contributed by atoms with Gasteiger partial charge in [-0.1, -0.05) is 121 Å². The van der Waals surface area contributed by atoms with E-state index in [1.807, 2.05) is 121 Å². The van der Waals surface area contributed by atoms with Gasteiger partial charge < -0.3 is 23.0 Å². The maximum Gasteiger partial charge on any atom is 0.309 e. The number of carbonyl (C=O) groups excluding carboxylic acids is 2. The van der Waals surface area contributed by atoms with Gasteiger partial charge in [0.2, 0.25) is 0 Å². The van der Waals surface area contributed by atoms with Crippen molar-refractivity contribution in [1.82, 2.24) is 0 Å². The molecular weight excluding hydrogens is 654 g/mol. The summed E-state index contributed by atoms with van der Waals surface area (Å²) in [5.41, 5.74) is 1.50. The lowest BCUT2D eigenvalue weighted by Crippen LogP contribution is -2.44. The van der Waals surface area contributed by atoms with Crippen molar-refractivity contribution in [1.29, 1.82) is 0 Å². The first-order valence-corrected chi connectivity index (χ1v) is 19.4. The lowest BCUT2D eigenvalue weighted by molar-refractivity contribution is -0.158. The molecule has 6 aromatic rings. The van der Waals surface area contributed by atoms with Crippen molar-refractivity contribution >= 4 is 69.0 Å². The van der Waals surface area contributed by atoms with Crippen LogP contribution in [0, 0.1) is 11.8 Å². The highest BCUT2D eigenvalue weighted by molar-refractivity contribution is 7.86. The van der Waals surface area contributed by atoms with Gasteiger partial charge in [-0.3, -0.25) is 9.59 Å². The zero-order valence-corrected chi connectivity index (χ0v) is 28.8. The Balaban J connectivity index is 1.68. The van der Waals surface area contributed by atoms with Gasteiger partial charge in [0.15, 0.2) is 14.3 Å². The number of ether oxygens (including phenoxy) is 2. The molecule has 1 aliphatic rings. The van der Waals surface area contributed by atoms with E-state index in [4.69, 9.17) is 13.9 Å². The lowest BCUT2D eigenvalue weighted by atomic mass is 9.75. The van der Waals surface area contributed by atoms with Gasteiger partial charge in [0, 0.05) is 31.9 Å². The van der Waals surface area contributed by atoms with Gasteiger partial charge in [0.1, 0.15) is 5.58 Å². The smallest absolute Gasteiger partial charge is 0.309 e. The Bertz CT molecular complexity index is 2000. The molecule has 0 radical (unpaired) electrons. The summed E-state index contributed by atoms with van der Waals surface area (Å²) < 4.78 is 49.2. The molecule has 5 aromatic carbocycles. The number of carbonyl (C=O) groups is 2. The third kappa shape index (κ3) is 5.29. The molecule has 0 amide bonds. The summed E-state index contributed by atoms with van der Waals surface area (Å²) in [6, 6.07) is 38.7. The Morgan fingerprint density at radius 2 is 0.898 bits per heavy atom. The maximum absolute atomic E-state index is 16.2. The van der Waals surface area contributed by atoms with Crippen LogP contribution in [0.4, 0.5) is 0 Å². The van der Waals surface area contributed by atoms with Crippen LogP contribution >= 0.6 is 14.3 Å². The molecule has 1 heterocycles. The van der Waals surface area contributed by atoms with Crippen LogP contribution in [0.25, 0.3) is 11.0 Å². The number of furan rings is 1. The lowest BCUT2D eigenvalue weighted by Gasteiger charge is -2.36. The average Bonchev–Trinajstić information content (AvgIpc) is 3.65. The highest BCUT2D eigenvalue weighted by Crippen LogP contribution is 2.52. The van der Waals surface area contributed by atoms with E-state index in [0.29, 0.717) is 53.9 Å². The van der Waals surface area contributed by atoms with E-state index in [-0.39, 0.29) is 12.8 Å². The summed E-state index contributed by atoms with van der Waals surface area (Å²) in [5, 5.41) is 3.80. The second-order valence-electron chi connectivity index (χ2n) is 12.0. The molecule has 0 saturated heterocycles. The van der Waals surface area contributed by atoms with Gasteiger partial charge in [-0.05, 0) is 30.0 Å². The van der Waals surface area contributed by atoms with E-state index in [1.54, 1.807) is 6.07 Å². The van der Waals surface area contributed by atoms with E-state index < -0.39 is 38.1 Å². The molecule has 0 spiro atoms. The van der Waals surface area contributed by atoms with Crippen molar-refractivity contribution in [3.63, 3.8) is 0 Å². The third-order valence-corrected chi connectivity index (χ3v) is 15.9. The third-order valence-electron chi connectivity index (χ3n) is 9.52. The predicted octanol–water partition coefficient (Wildman–Crippen LogP) is 5.39. The van der Waals surface area contributed by atoms with Crippen LogP contribution in [-0.2, 0) is 41.0 Å². The number of hydrogen-bond donors (Lipinski definition) is 0. The van der Waals surface area contributed by atoms with Crippen LogP contribution in [0.1, 0.15) is 11.1 Å². The van der Waals surface area contributed by atoms with Crippen molar-refractivity contribution in [2.24, 2.45) is 11.8 Å². The van der Waals surface area contributed by atoms with Crippen molar-refractivity contribution < 1.29 is 32.6 Å². The number of benzene rings is 5. The fourth-order valence-corrected chi connectivity index (χ4v) is 13.5. The van der Waals surface area contributed by atoms with Crippen LogP contribution in [0.15, 0.2) is 138 Å². The molecule has 0 unspecified atom stereocenters. The Morgan fingerprint density at radius 3 is 1.27 bits per heavy atom. The fourth-order valence-electron chi connectivity index (χ4n) is 7.29. The van der Waals surface area contributed by atoms with Gasteiger partial charge in [-0.2, -0.15) is 0 Å². The molecule has 2 atom stereocenters. The van der Waals surface area contributed by atoms with Gasteiger partial charge in [0.05, 0.1) is 37.6 Å². The second-order valence-corrected chi connectivity index (χ2v) is 17.4. The Morgan fingerprint density at radius 1 is 0.551 bits per heavy atom. The molecule has 0 fully saturated rings. The molecule has 9 heteroatoms. The summed E-state index contributed by atoms with van der Waals surface area (Å²) in [7, 11) is -4.86. The topological polar surface area (TPSA) is 99.9 Å². The maximum atomic E-state index is 16.2. The summed E-state index contributed by atoms with van der Waals surface area (Å²) in [5.74, 6) is -3.05. The second kappa shape index (κ2) is 13.2. The molecule has 0 aliphatic heterocycles. The minimum Gasteiger partial charge on any atom is -0.469 e. The summed E-state index contributed by atoms with van der Waals surface area (Å²) >= 11 is 0. The summed E-state index contributed by atoms with van der Waals surface area (Å²) in [4.78, 5) is 26.9. The molecule has 0 bridgehead atoms. The first kappa shape index (κ1) is 32.6. The molecule has 49 heavy (non-hydrogen) atoms. The van der Waals surface area contributed by atoms with Crippen LogP contribution in [0.3, 0.4) is 0 Å². The highest BCUT2D eigenvalue weighted by atomic mass is 31.2. The summed E-state index contributed by atoms with van der Waals surface area (Å²) in [6.07, 6.45) is 1.53. The van der Waals surface area contributed by atoms with E-state index in [2.05, 4.69) is 0 Å². The molecule has 7 nitrogen and oxygen atoms in total. The van der Waals surface area contributed by atoms with Gasteiger partial charge in [-0.25, -0.2) is 0 Å². The zero-order chi connectivity index (χ0) is 34.2. The standard InChI is InChI=1S/C40H34O7P2/c1-45-39(41)34-25-32-33(26-35(34)40(42)46-2)38(49(44,29-19-11-5-12-20-29)30-21-13-6-14-22-30)36-31(23-24-47-36)37(32)48(43,27-15-7-3-8-16-27)28-17-9-4-10-18-28/h3-24,34-35H,25-26H2,1-2H3/t34-,35-/m1/s1. The van der Waals surface area contributed by atoms with Crippen LogP contribution in [-0.4, -0.2) is 26.2 Å². The number of rotatable bonds is 8. The number of methoxy groups -OCH3 is 2. The average molecular weight is 689 g/mol. The minimum atomic E-state index is -3.73. The molecule has 246 valence electrons. The monoisotopic (exact) mass is 688 g/mol. The largest absolute Gasteiger partial charge is 0.469 e. The summed E-state index contributed by atoms with van der Waals surface area (Å²) in [6.45, 7) is 0. The van der Waals surface area contributed by atoms with Crippen molar-refractivity contribution in [3.8, 4) is 0 Å². The number of esters is 2. The highest BCUT2D eigenvalue weighted by Gasteiger charge is 2.48. The number of hydrogen-bond acceptors (Lipinski definition) is 7. The molecule has 0 saturated carbocycles. The van der Waals surface area contributed by atoms with Gasteiger partial charge >= 0.3 is 11.9 Å². The molecule has 1 aliphatic carbocycles. The van der Waals surface area contributed by atoms with E-state index in [1.165, 1.54) is 20.5 Å². The Kier molecular flexibility index (Phi) is 8.75. The predicted molar refractivity (Wildman–Crippen MR) is 193 cm³/mol.